The van der Waals surface area contributed by atoms with Crippen LogP contribution in [-0.2, 0) is 4.74 Å². The van der Waals surface area contributed by atoms with Crippen molar-refractivity contribution in [2.24, 2.45) is 0 Å². The van der Waals surface area contributed by atoms with Crippen LogP contribution in [0.1, 0.15) is 18.0 Å². The van der Waals surface area contributed by atoms with Crippen LogP contribution < -0.4 is 10.1 Å². The van der Waals surface area contributed by atoms with E-state index in [4.69, 9.17) is 9.47 Å². The molecule has 1 heterocycles. The molecule has 1 amide bonds. The molecule has 0 saturated carbocycles. The van der Waals surface area contributed by atoms with Crippen LogP contribution in [0.15, 0.2) is 16.6 Å². The second-order valence-corrected chi connectivity index (χ2v) is 4.58. The lowest BCUT2D eigenvalue weighted by Gasteiger charge is -2.25. The van der Waals surface area contributed by atoms with Crippen molar-refractivity contribution in [2.75, 3.05) is 13.7 Å². The number of alkyl carbamates (subject to hydrolysis) is 1. The molecule has 1 aliphatic rings. The lowest BCUT2D eigenvalue weighted by molar-refractivity contribution is 0.115. The Morgan fingerprint density at radius 3 is 3.00 bits per heavy atom. The Morgan fingerprint density at radius 1 is 1.59 bits per heavy atom. The van der Waals surface area contributed by atoms with Gasteiger partial charge in [0.2, 0.25) is 0 Å². The van der Waals surface area contributed by atoms with E-state index in [1.54, 1.807) is 12.1 Å². The summed E-state index contributed by atoms with van der Waals surface area (Å²) in [6.07, 6.45) is 0.137. The molecule has 1 aromatic carbocycles. The van der Waals surface area contributed by atoms with Crippen molar-refractivity contribution in [3.05, 3.63) is 22.2 Å². The number of aromatic hydroxyl groups is 1. The fraction of sp³-hybridized carbons (Fsp3) is 0.364. The van der Waals surface area contributed by atoms with E-state index in [0.29, 0.717) is 24.3 Å². The third-order valence-corrected chi connectivity index (χ3v) is 3.05. The largest absolute Gasteiger partial charge is 0.504 e. The van der Waals surface area contributed by atoms with Gasteiger partial charge in [-0.1, -0.05) is 15.9 Å². The molecule has 0 unspecified atom stereocenters. The van der Waals surface area contributed by atoms with E-state index in [9.17, 15) is 9.90 Å². The monoisotopic (exact) mass is 301 g/mol. The number of nitrogens with one attached hydrogen (secondary N) is 1. The lowest BCUT2D eigenvalue weighted by atomic mass is 10.0. The number of hydrogen-bond acceptors (Lipinski definition) is 4. The SMILES string of the molecule is COc1cc(Br)cc([C@H]2CCOC(=O)N2)c1O. The van der Waals surface area contributed by atoms with Crippen molar-refractivity contribution >= 4 is 22.0 Å². The molecule has 0 spiro atoms. The standard InChI is InChI=1S/C11H12BrNO4/c1-16-9-5-6(12)4-7(10(9)14)8-2-3-17-11(15)13-8/h4-5,8,14H,2-3H2,1H3,(H,13,15)/t8-/m1/s1. The molecule has 1 fully saturated rings. The zero-order chi connectivity index (χ0) is 12.4. The van der Waals surface area contributed by atoms with Gasteiger partial charge in [-0.05, 0) is 12.1 Å². The Morgan fingerprint density at radius 2 is 2.35 bits per heavy atom. The average Bonchev–Trinajstić information content (AvgIpc) is 2.31. The summed E-state index contributed by atoms with van der Waals surface area (Å²) in [6, 6.07) is 3.16. The second kappa shape index (κ2) is 4.83. The summed E-state index contributed by atoms with van der Waals surface area (Å²) in [5, 5.41) is 12.7. The van der Waals surface area contributed by atoms with E-state index in [2.05, 4.69) is 21.2 Å². The van der Waals surface area contributed by atoms with Crippen molar-refractivity contribution < 1.29 is 19.4 Å². The topological polar surface area (TPSA) is 67.8 Å². The van der Waals surface area contributed by atoms with Crippen LogP contribution in [0.5, 0.6) is 11.5 Å². The summed E-state index contributed by atoms with van der Waals surface area (Å²) in [7, 11) is 1.48. The summed E-state index contributed by atoms with van der Waals surface area (Å²) >= 11 is 3.33. The highest BCUT2D eigenvalue weighted by Crippen LogP contribution is 2.38. The predicted molar refractivity (Wildman–Crippen MR) is 64.2 cm³/mol. The van der Waals surface area contributed by atoms with Crippen molar-refractivity contribution in [3.63, 3.8) is 0 Å². The first kappa shape index (κ1) is 12.0. The third kappa shape index (κ3) is 2.46. The number of cyclic esters (lactones) is 1. The molecule has 5 nitrogen and oxygen atoms in total. The number of carbonyl (C=O) groups excluding carboxylic acids is 1. The van der Waals surface area contributed by atoms with Crippen LogP contribution in [0.2, 0.25) is 0 Å². The first-order valence-corrected chi connectivity index (χ1v) is 5.91. The minimum Gasteiger partial charge on any atom is -0.504 e. The van der Waals surface area contributed by atoms with Crippen molar-refractivity contribution in [1.82, 2.24) is 5.32 Å². The van der Waals surface area contributed by atoms with Gasteiger partial charge in [-0.25, -0.2) is 4.79 Å². The van der Waals surface area contributed by atoms with Gasteiger partial charge >= 0.3 is 6.09 Å². The summed E-state index contributed by atoms with van der Waals surface area (Å²) in [5.74, 6) is 0.415. The van der Waals surface area contributed by atoms with Crippen molar-refractivity contribution in [1.29, 1.82) is 0 Å². The molecule has 0 radical (unpaired) electrons. The molecule has 0 aromatic heterocycles. The molecule has 17 heavy (non-hydrogen) atoms. The average molecular weight is 302 g/mol. The first-order chi connectivity index (χ1) is 8.11. The first-order valence-electron chi connectivity index (χ1n) is 5.11. The fourth-order valence-electron chi connectivity index (χ4n) is 1.77. The van der Waals surface area contributed by atoms with E-state index in [0.717, 1.165) is 4.47 Å². The smallest absolute Gasteiger partial charge is 0.407 e. The number of amides is 1. The molecule has 0 bridgehead atoms. The Kier molecular flexibility index (Phi) is 3.42. The number of hydrogen-bond donors (Lipinski definition) is 2. The maximum atomic E-state index is 11.1. The van der Waals surface area contributed by atoms with Gasteiger partial charge in [0.1, 0.15) is 0 Å². The number of methoxy groups -OCH3 is 1. The zero-order valence-electron chi connectivity index (χ0n) is 9.20. The van der Waals surface area contributed by atoms with Gasteiger partial charge in [-0.3, -0.25) is 0 Å². The third-order valence-electron chi connectivity index (χ3n) is 2.60. The molecular formula is C11H12BrNO4. The van der Waals surface area contributed by atoms with Gasteiger partial charge in [-0.2, -0.15) is 0 Å². The second-order valence-electron chi connectivity index (χ2n) is 3.67. The van der Waals surface area contributed by atoms with E-state index >= 15 is 0 Å². The molecule has 92 valence electrons. The summed E-state index contributed by atoms with van der Waals surface area (Å²) in [5.41, 5.74) is 0.618. The number of phenols is 1. The summed E-state index contributed by atoms with van der Waals surface area (Å²) in [6.45, 7) is 0.338. The van der Waals surface area contributed by atoms with E-state index in [1.807, 2.05) is 0 Å². The highest BCUT2D eigenvalue weighted by atomic mass is 79.9. The van der Waals surface area contributed by atoms with Crippen LogP contribution in [0, 0.1) is 0 Å². The Balaban J connectivity index is 2.36. The van der Waals surface area contributed by atoms with Crippen molar-refractivity contribution in [3.8, 4) is 11.5 Å². The molecule has 6 heteroatoms. The highest BCUT2D eigenvalue weighted by Gasteiger charge is 2.25. The molecule has 2 N–H and O–H groups in total. The quantitative estimate of drug-likeness (QED) is 0.880. The minimum atomic E-state index is -0.473. The maximum absolute atomic E-state index is 11.1. The minimum absolute atomic E-state index is 0.0444. The number of carbonyl (C=O) groups is 1. The number of halogens is 1. The van der Waals surface area contributed by atoms with Gasteiger partial charge in [0, 0.05) is 16.5 Å². The fourth-order valence-corrected chi connectivity index (χ4v) is 2.23. The van der Waals surface area contributed by atoms with Crippen LogP contribution >= 0.6 is 15.9 Å². The van der Waals surface area contributed by atoms with E-state index in [1.165, 1.54) is 7.11 Å². The van der Waals surface area contributed by atoms with Gasteiger partial charge in [0.15, 0.2) is 11.5 Å². The zero-order valence-corrected chi connectivity index (χ0v) is 10.8. The van der Waals surface area contributed by atoms with Gasteiger partial charge < -0.3 is 19.9 Å². The molecule has 2 rings (SSSR count). The van der Waals surface area contributed by atoms with Crippen molar-refractivity contribution in [2.45, 2.75) is 12.5 Å². The molecule has 1 saturated heterocycles. The normalized spacial score (nSPS) is 19.4. The highest BCUT2D eigenvalue weighted by molar-refractivity contribution is 9.10. The lowest BCUT2D eigenvalue weighted by Crippen LogP contribution is -2.35. The van der Waals surface area contributed by atoms with E-state index < -0.39 is 6.09 Å². The molecule has 1 aromatic rings. The van der Waals surface area contributed by atoms with Crippen LogP contribution in [0.3, 0.4) is 0 Å². The van der Waals surface area contributed by atoms with Gasteiger partial charge in [0.25, 0.3) is 0 Å². The summed E-state index contributed by atoms with van der Waals surface area (Å²) in [4.78, 5) is 11.1. The molecular weight excluding hydrogens is 290 g/mol. The molecule has 1 atom stereocenters. The number of benzene rings is 1. The number of ether oxygens (including phenoxy) is 2. The molecule has 1 aliphatic heterocycles. The number of phenolic OH excluding ortho intramolecular Hbond substituents is 1. The summed E-state index contributed by atoms with van der Waals surface area (Å²) < 4.78 is 10.6. The van der Waals surface area contributed by atoms with Crippen LogP contribution in [0.25, 0.3) is 0 Å². The number of rotatable bonds is 2. The Labute approximate surface area is 107 Å². The molecule has 0 aliphatic carbocycles. The maximum Gasteiger partial charge on any atom is 0.407 e. The Hall–Kier alpha value is -1.43. The van der Waals surface area contributed by atoms with Crippen LogP contribution in [-0.4, -0.2) is 24.9 Å². The van der Waals surface area contributed by atoms with Gasteiger partial charge in [0.05, 0.1) is 19.8 Å². The van der Waals surface area contributed by atoms with Gasteiger partial charge in [-0.15, -0.1) is 0 Å². The predicted octanol–water partition coefficient (Wildman–Crippen LogP) is 2.33. The Bertz CT molecular complexity index is 449. The van der Waals surface area contributed by atoms with E-state index in [-0.39, 0.29) is 11.8 Å². The van der Waals surface area contributed by atoms with Crippen LogP contribution in [0.4, 0.5) is 4.79 Å².